The Balaban J connectivity index is 2.34. The van der Waals surface area contributed by atoms with E-state index in [4.69, 9.17) is 0 Å². The monoisotopic (exact) mass is 347 g/mol. The molecule has 0 aromatic heterocycles. The van der Waals surface area contributed by atoms with Crippen molar-refractivity contribution in [3.8, 4) is 0 Å². The summed E-state index contributed by atoms with van der Waals surface area (Å²) >= 11 is 3.21. The maximum atomic E-state index is 13.0. The maximum Gasteiger partial charge on any atom is 0.262 e. The number of halogens is 3. The lowest BCUT2D eigenvalue weighted by Gasteiger charge is -2.08. The molecule has 1 N–H and O–H groups in total. The predicted octanol–water partition coefficient (Wildman–Crippen LogP) is 3.53. The van der Waals surface area contributed by atoms with Gasteiger partial charge in [-0.15, -0.1) is 0 Å². The molecule has 0 saturated heterocycles. The molecule has 2 aromatic rings. The molecule has 19 heavy (non-hydrogen) atoms. The van der Waals surface area contributed by atoms with Crippen LogP contribution >= 0.6 is 15.9 Å². The Morgan fingerprint density at radius 1 is 0.947 bits per heavy atom. The summed E-state index contributed by atoms with van der Waals surface area (Å²) in [5, 5.41) is 0. The number of hydrogen-bond donors (Lipinski definition) is 1. The molecule has 0 radical (unpaired) electrons. The summed E-state index contributed by atoms with van der Waals surface area (Å²) in [5.74, 6) is -1.90. The molecule has 3 nitrogen and oxygen atoms in total. The minimum absolute atomic E-state index is 0.299. The first-order valence-corrected chi connectivity index (χ1v) is 7.39. The van der Waals surface area contributed by atoms with Crippen molar-refractivity contribution in [2.45, 2.75) is 4.90 Å². The van der Waals surface area contributed by atoms with Crippen LogP contribution in [0.25, 0.3) is 0 Å². The molecule has 0 aliphatic rings. The summed E-state index contributed by atoms with van der Waals surface area (Å²) in [4.78, 5) is -0.465. The lowest BCUT2D eigenvalue weighted by atomic mass is 10.3. The highest BCUT2D eigenvalue weighted by molar-refractivity contribution is 9.10. The first kappa shape index (κ1) is 14.0. The Labute approximate surface area is 117 Å². The third-order valence-electron chi connectivity index (χ3n) is 2.24. The first-order chi connectivity index (χ1) is 8.87. The van der Waals surface area contributed by atoms with E-state index in [0.717, 1.165) is 16.6 Å². The van der Waals surface area contributed by atoms with E-state index in [1.807, 2.05) is 0 Å². The van der Waals surface area contributed by atoms with Gasteiger partial charge in [0.05, 0.1) is 4.90 Å². The third kappa shape index (κ3) is 3.51. The molecule has 0 amide bonds. The summed E-state index contributed by atoms with van der Waals surface area (Å²) < 4.78 is 52.9. The summed E-state index contributed by atoms with van der Waals surface area (Å²) in [6, 6.07) is 8.45. The average molecular weight is 348 g/mol. The van der Waals surface area contributed by atoms with Crippen molar-refractivity contribution in [2.75, 3.05) is 4.72 Å². The second kappa shape index (κ2) is 5.26. The van der Waals surface area contributed by atoms with Gasteiger partial charge in [0.25, 0.3) is 10.0 Å². The molecule has 0 bridgehead atoms. The molecule has 100 valence electrons. The molecule has 0 aliphatic heterocycles. The second-order valence-corrected chi connectivity index (χ2v) is 6.32. The van der Waals surface area contributed by atoms with Crippen LogP contribution in [-0.2, 0) is 10.0 Å². The minimum atomic E-state index is -4.02. The van der Waals surface area contributed by atoms with Crippen molar-refractivity contribution in [1.29, 1.82) is 0 Å². The average Bonchev–Trinajstić information content (AvgIpc) is 2.31. The van der Waals surface area contributed by atoms with Crippen LogP contribution < -0.4 is 4.72 Å². The number of rotatable bonds is 3. The largest absolute Gasteiger partial charge is 0.280 e. The van der Waals surface area contributed by atoms with E-state index in [2.05, 4.69) is 20.7 Å². The maximum absolute atomic E-state index is 13.0. The van der Waals surface area contributed by atoms with Gasteiger partial charge in [0, 0.05) is 16.2 Å². The lowest BCUT2D eigenvalue weighted by Crippen LogP contribution is -2.13. The number of nitrogens with one attached hydrogen (secondary N) is 1. The van der Waals surface area contributed by atoms with Crippen LogP contribution in [0.15, 0.2) is 51.8 Å². The van der Waals surface area contributed by atoms with E-state index in [-0.39, 0.29) is 0 Å². The van der Waals surface area contributed by atoms with E-state index < -0.39 is 26.6 Å². The van der Waals surface area contributed by atoms with Crippen LogP contribution in [0.5, 0.6) is 0 Å². The van der Waals surface area contributed by atoms with Gasteiger partial charge in [-0.3, -0.25) is 4.72 Å². The zero-order valence-electron chi connectivity index (χ0n) is 9.40. The molecule has 0 unspecified atom stereocenters. The van der Waals surface area contributed by atoms with E-state index >= 15 is 0 Å². The minimum Gasteiger partial charge on any atom is -0.280 e. The van der Waals surface area contributed by atoms with Gasteiger partial charge >= 0.3 is 0 Å². The highest BCUT2D eigenvalue weighted by atomic mass is 79.9. The molecule has 0 saturated carbocycles. The zero-order chi connectivity index (χ0) is 14.0. The first-order valence-electron chi connectivity index (χ1n) is 5.11. The highest BCUT2D eigenvalue weighted by Gasteiger charge is 2.16. The van der Waals surface area contributed by atoms with Gasteiger partial charge in [-0.2, -0.15) is 0 Å². The van der Waals surface area contributed by atoms with E-state index in [1.165, 1.54) is 12.1 Å². The van der Waals surface area contributed by atoms with E-state index in [9.17, 15) is 17.2 Å². The molecule has 0 aliphatic carbocycles. The number of anilines is 1. The van der Waals surface area contributed by atoms with Crippen molar-refractivity contribution in [3.63, 3.8) is 0 Å². The van der Waals surface area contributed by atoms with Crippen LogP contribution in [0.1, 0.15) is 0 Å². The normalized spacial score (nSPS) is 11.3. The summed E-state index contributed by atoms with van der Waals surface area (Å²) in [7, 11) is -4.02. The van der Waals surface area contributed by atoms with Gasteiger partial charge in [0.1, 0.15) is 11.6 Å². The van der Waals surface area contributed by atoms with Gasteiger partial charge in [-0.05, 0) is 36.4 Å². The Kier molecular flexibility index (Phi) is 3.86. The fourth-order valence-electron chi connectivity index (χ4n) is 1.42. The standard InChI is InChI=1S/C12H8BrF2NO2S/c13-8-1-3-11(4-2-8)16-19(17,18)12-6-9(14)5-10(15)7-12/h1-7,16H. The SMILES string of the molecule is O=S(=O)(Nc1ccc(Br)cc1)c1cc(F)cc(F)c1. The third-order valence-corrected chi connectivity index (χ3v) is 4.13. The van der Waals surface area contributed by atoms with Gasteiger partial charge in [-0.25, -0.2) is 17.2 Å². The fourth-order valence-corrected chi connectivity index (χ4v) is 2.78. The number of benzene rings is 2. The molecular weight excluding hydrogens is 340 g/mol. The van der Waals surface area contributed by atoms with Crippen LogP contribution in [0.3, 0.4) is 0 Å². The van der Waals surface area contributed by atoms with Crippen molar-refractivity contribution in [2.24, 2.45) is 0 Å². The molecule has 0 heterocycles. The lowest BCUT2D eigenvalue weighted by molar-refractivity contribution is 0.568. The Morgan fingerprint density at radius 2 is 1.47 bits per heavy atom. The Bertz CT molecular complexity index is 682. The van der Waals surface area contributed by atoms with Crippen LogP contribution in [-0.4, -0.2) is 8.42 Å². The van der Waals surface area contributed by atoms with E-state index in [1.54, 1.807) is 12.1 Å². The molecule has 0 spiro atoms. The molecular formula is C12H8BrF2NO2S. The van der Waals surface area contributed by atoms with Crippen LogP contribution in [0, 0.1) is 11.6 Å². The predicted molar refractivity (Wildman–Crippen MR) is 71.3 cm³/mol. The molecule has 2 aromatic carbocycles. The Morgan fingerprint density at radius 3 is 2.00 bits per heavy atom. The molecule has 0 fully saturated rings. The smallest absolute Gasteiger partial charge is 0.262 e. The summed E-state index contributed by atoms with van der Waals surface area (Å²) in [6.07, 6.45) is 0. The summed E-state index contributed by atoms with van der Waals surface area (Å²) in [5.41, 5.74) is 0.299. The van der Waals surface area contributed by atoms with E-state index in [0.29, 0.717) is 11.8 Å². The van der Waals surface area contributed by atoms with Gasteiger partial charge < -0.3 is 0 Å². The molecule has 7 heteroatoms. The summed E-state index contributed by atoms with van der Waals surface area (Å²) in [6.45, 7) is 0. The number of sulfonamides is 1. The van der Waals surface area contributed by atoms with Crippen LogP contribution in [0.4, 0.5) is 14.5 Å². The van der Waals surface area contributed by atoms with Gasteiger partial charge in [-0.1, -0.05) is 15.9 Å². The van der Waals surface area contributed by atoms with Gasteiger partial charge in [0.15, 0.2) is 0 Å². The van der Waals surface area contributed by atoms with Crippen LogP contribution in [0.2, 0.25) is 0 Å². The zero-order valence-corrected chi connectivity index (χ0v) is 11.8. The van der Waals surface area contributed by atoms with Crippen molar-refractivity contribution >= 4 is 31.6 Å². The molecule has 2 rings (SSSR count). The van der Waals surface area contributed by atoms with Gasteiger partial charge in [0.2, 0.25) is 0 Å². The number of hydrogen-bond acceptors (Lipinski definition) is 2. The molecule has 0 atom stereocenters. The Hall–Kier alpha value is -1.47. The fraction of sp³-hybridized carbons (Fsp3) is 0. The topological polar surface area (TPSA) is 46.2 Å². The second-order valence-electron chi connectivity index (χ2n) is 3.72. The van der Waals surface area contributed by atoms with Crippen molar-refractivity contribution < 1.29 is 17.2 Å². The quantitative estimate of drug-likeness (QED) is 0.923. The van der Waals surface area contributed by atoms with Crippen molar-refractivity contribution in [3.05, 3.63) is 58.6 Å². The van der Waals surface area contributed by atoms with Crippen molar-refractivity contribution in [1.82, 2.24) is 0 Å². The highest BCUT2D eigenvalue weighted by Crippen LogP contribution is 2.20.